The van der Waals surface area contributed by atoms with E-state index in [9.17, 15) is 4.79 Å². The summed E-state index contributed by atoms with van der Waals surface area (Å²) in [5.41, 5.74) is 5.30. The standard InChI is InChI=1S/C27H37N7O2/c1-19-7-8-20(2)23(16-19)33-14-12-32(13-15-33)10-5-9-28-26(35)22-6-4-11-34(17-22)25-24-21(3)31-36-27(24)30-18-29-25/h7-8,16,18,22H,4-6,9-15,17H2,1-3H3,(H,28,35)/t22-/m0/s1. The van der Waals surface area contributed by atoms with E-state index in [4.69, 9.17) is 4.52 Å². The molecule has 1 amide bonds. The van der Waals surface area contributed by atoms with Gasteiger partial charge in [0.25, 0.3) is 5.71 Å². The van der Waals surface area contributed by atoms with Crippen LogP contribution in [0.1, 0.15) is 36.1 Å². The van der Waals surface area contributed by atoms with Gasteiger partial charge in [0.05, 0.1) is 11.6 Å². The number of aryl methyl sites for hydroxylation is 3. The van der Waals surface area contributed by atoms with E-state index in [2.05, 4.69) is 67.2 Å². The summed E-state index contributed by atoms with van der Waals surface area (Å²) in [7, 11) is 0. The first-order valence-corrected chi connectivity index (χ1v) is 13.1. The zero-order chi connectivity index (χ0) is 25.1. The molecule has 9 heteroatoms. The molecule has 1 aromatic carbocycles. The SMILES string of the molecule is Cc1ccc(C)c(N2CCN(CCCNC(=O)[C@H]3CCCN(c4ncnc5onc(C)c45)C3)CC2)c1. The van der Waals surface area contributed by atoms with Gasteiger partial charge in [0, 0.05) is 51.5 Å². The summed E-state index contributed by atoms with van der Waals surface area (Å²) in [6.45, 7) is 13.7. The molecular weight excluding hydrogens is 454 g/mol. The zero-order valence-corrected chi connectivity index (χ0v) is 21.7. The highest BCUT2D eigenvalue weighted by atomic mass is 16.5. The molecule has 0 unspecified atom stereocenters. The summed E-state index contributed by atoms with van der Waals surface area (Å²) in [6, 6.07) is 6.70. The van der Waals surface area contributed by atoms with Crippen LogP contribution >= 0.6 is 0 Å². The van der Waals surface area contributed by atoms with E-state index in [0.29, 0.717) is 12.3 Å². The zero-order valence-electron chi connectivity index (χ0n) is 21.7. The molecule has 2 aliphatic heterocycles. The van der Waals surface area contributed by atoms with Gasteiger partial charge in [-0.15, -0.1) is 0 Å². The molecule has 3 aromatic rings. The number of hydrogen-bond acceptors (Lipinski definition) is 8. The molecule has 0 radical (unpaired) electrons. The molecule has 0 saturated carbocycles. The Kier molecular flexibility index (Phi) is 7.36. The molecular formula is C27H37N7O2. The summed E-state index contributed by atoms with van der Waals surface area (Å²) in [5.74, 6) is 0.924. The summed E-state index contributed by atoms with van der Waals surface area (Å²) in [6.07, 6.45) is 4.34. The lowest BCUT2D eigenvalue weighted by Crippen LogP contribution is -2.47. The molecule has 2 aliphatic rings. The summed E-state index contributed by atoms with van der Waals surface area (Å²) in [5, 5.41) is 8.06. The number of fused-ring (bicyclic) bond motifs is 1. The molecule has 0 spiro atoms. The van der Waals surface area contributed by atoms with Crippen molar-refractivity contribution in [2.45, 2.75) is 40.0 Å². The van der Waals surface area contributed by atoms with Gasteiger partial charge in [0.2, 0.25) is 5.91 Å². The number of nitrogens with one attached hydrogen (secondary N) is 1. The average Bonchev–Trinajstić information content (AvgIpc) is 3.29. The largest absolute Gasteiger partial charge is 0.369 e. The number of carbonyl (C=O) groups is 1. The minimum absolute atomic E-state index is 0.0370. The van der Waals surface area contributed by atoms with Crippen molar-refractivity contribution >= 4 is 28.5 Å². The van der Waals surface area contributed by atoms with Crippen molar-refractivity contribution in [1.82, 2.24) is 25.3 Å². The van der Waals surface area contributed by atoms with Crippen LogP contribution in [0.25, 0.3) is 11.1 Å². The molecule has 5 rings (SSSR count). The van der Waals surface area contributed by atoms with Gasteiger partial charge in [-0.1, -0.05) is 17.3 Å². The lowest BCUT2D eigenvalue weighted by atomic mass is 9.97. The predicted molar refractivity (Wildman–Crippen MR) is 141 cm³/mol. The van der Waals surface area contributed by atoms with Crippen LogP contribution in [0.15, 0.2) is 29.0 Å². The first-order valence-electron chi connectivity index (χ1n) is 13.1. The number of piperazine rings is 1. The maximum Gasteiger partial charge on any atom is 0.263 e. The molecule has 0 aliphatic carbocycles. The Morgan fingerprint density at radius 1 is 1.08 bits per heavy atom. The fraction of sp³-hybridized carbons (Fsp3) is 0.556. The van der Waals surface area contributed by atoms with Gasteiger partial charge in [-0.05, 0) is 63.8 Å². The molecule has 2 aromatic heterocycles. The number of benzene rings is 1. The highest BCUT2D eigenvalue weighted by molar-refractivity contribution is 5.88. The second kappa shape index (κ2) is 10.8. The molecule has 1 atom stereocenters. The molecule has 9 nitrogen and oxygen atoms in total. The van der Waals surface area contributed by atoms with E-state index >= 15 is 0 Å². The number of amides is 1. The van der Waals surface area contributed by atoms with E-state index < -0.39 is 0 Å². The van der Waals surface area contributed by atoms with Crippen LogP contribution in [0, 0.1) is 26.7 Å². The third-order valence-corrected chi connectivity index (χ3v) is 7.54. The maximum absolute atomic E-state index is 12.9. The Morgan fingerprint density at radius 2 is 1.92 bits per heavy atom. The van der Waals surface area contributed by atoms with E-state index in [1.807, 2.05) is 6.92 Å². The van der Waals surface area contributed by atoms with E-state index in [1.54, 1.807) is 0 Å². The van der Waals surface area contributed by atoms with Crippen molar-refractivity contribution in [3.8, 4) is 0 Å². The van der Waals surface area contributed by atoms with Gasteiger partial charge in [-0.25, -0.2) is 4.98 Å². The quantitative estimate of drug-likeness (QED) is 0.505. The van der Waals surface area contributed by atoms with E-state index in [0.717, 1.165) is 82.0 Å². The number of hydrogen-bond donors (Lipinski definition) is 1. The van der Waals surface area contributed by atoms with Gasteiger partial charge in [0.1, 0.15) is 17.5 Å². The van der Waals surface area contributed by atoms with Crippen molar-refractivity contribution in [2.75, 3.05) is 62.2 Å². The average molecular weight is 492 g/mol. The lowest BCUT2D eigenvalue weighted by molar-refractivity contribution is -0.125. The van der Waals surface area contributed by atoms with Crippen LogP contribution in [-0.4, -0.2) is 78.3 Å². The fourth-order valence-electron chi connectivity index (χ4n) is 5.46. The Hall–Kier alpha value is -3.20. The number of anilines is 2. The number of piperidine rings is 1. The normalized spacial score (nSPS) is 19.1. The Balaban J connectivity index is 1.06. The molecule has 36 heavy (non-hydrogen) atoms. The number of carbonyl (C=O) groups excluding carboxylic acids is 1. The number of rotatable bonds is 7. The van der Waals surface area contributed by atoms with Crippen LogP contribution in [0.4, 0.5) is 11.5 Å². The lowest BCUT2D eigenvalue weighted by Gasteiger charge is -2.37. The topological polar surface area (TPSA) is 90.6 Å². The number of aromatic nitrogens is 3. The smallest absolute Gasteiger partial charge is 0.263 e. The van der Waals surface area contributed by atoms with Gasteiger partial charge < -0.3 is 19.6 Å². The predicted octanol–water partition coefficient (Wildman–Crippen LogP) is 3.09. The molecule has 1 N–H and O–H groups in total. The second-order valence-electron chi connectivity index (χ2n) is 10.2. The molecule has 0 bridgehead atoms. The van der Waals surface area contributed by atoms with E-state index in [-0.39, 0.29) is 11.8 Å². The van der Waals surface area contributed by atoms with Gasteiger partial charge in [-0.2, -0.15) is 4.98 Å². The van der Waals surface area contributed by atoms with Gasteiger partial charge in [0.15, 0.2) is 0 Å². The van der Waals surface area contributed by atoms with Crippen molar-refractivity contribution in [3.63, 3.8) is 0 Å². The fourth-order valence-corrected chi connectivity index (χ4v) is 5.46. The maximum atomic E-state index is 12.9. The van der Waals surface area contributed by atoms with Crippen molar-refractivity contribution in [1.29, 1.82) is 0 Å². The van der Waals surface area contributed by atoms with Crippen LogP contribution in [0.5, 0.6) is 0 Å². The van der Waals surface area contributed by atoms with Crippen LogP contribution in [-0.2, 0) is 4.79 Å². The molecule has 2 saturated heterocycles. The Morgan fingerprint density at radius 3 is 2.75 bits per heavy atom. The van der Waals surface area contributed by atoms with Crippen LogP contribution in [0.3, 0.4) is 0 Å². The van der Waals surface area contributed by atoms with Crippen molar-refractivity contribution in [2.24, 2.45) is 5.92 Å². The van der Waals surface area contributed by atoms with Gasteiger partial charge >= 0.3 is 0 Å². The first kappa shape index (κ1) is 24.5. The molecule has 2 fully saturated rings. The van der Waals surface area contributed by atoms with Gasteiger partial charge in [-0.3, -0.25) is 9.69 Å². The molecule has 4 heterocycles. The summed E-state index contributed by atoms with van der Waals surface area (Å²) in [4.78, 5) is 28.8. The summed E-state index contributed by atoms with van der Waals surface area (Å²) < 4.78 is 5.29. The Bertz CT molecular complexity index is 1200. The van der Waals surface area contributed by atoms with Crippen molar-refractivity contribution < 1.29 is 9.32 Å². The monoisotopic (exact) mass is 491 g/mol. The minimum Gasteiger partial charge on any atom is -0.369 e. The third kappa shape index (κ3) is 5.31. The highest BCUT2D eigenvalue weighted by Crippen LogP contribution is 2.29. The highest BCUT2D eigenvalue weighted by Gasteiger charge is 2.28. The molecule has 192 valence electrons. The van der Waals surface area contributed by atoms with E-state index in [1.165, 1.54) is 23.1 Å². The van der Waals surface area contributed by atoms with Crippen LogP contribution in [0.2, 0.25) is 0 Å². The second-order valence-corrected chi connectivity index (χ2v) is 10.2. The summed E-state index contributed by atoms with van der Waals surface area (Å²) >= 11 is 0. The van der Waals surface area contributed by atoms with Crippen molar-refractivity contribution in [3.05, 3.63) is 41.3 Å². The van der Waals surface area contributed by atoms with Crippen LogP contribution < -0.4 is 15.1 Å². The third-order valence-electron chi connectivity index (χ3n) is 7.54. The minimum atomic E-state index is -0.0370. The Labute approximate surface area is 212 Å². The first-order chi connectivity index (χ1) is 17.5. The number of nitrogens with zero attached hydrogens (tertiary/aromatic N) is 6.